The number of hydrogen-bond donors (Lipinski definition) is 1. The maximum absolute atomic E-state index is 13.2. The minimum atomic E-state index is -0.792. The number of hydrogen-bond acceptors (Lipinski definition) is 11. The van der Waals surface area contributed by atoms with Crippen molar-refractivity contribution in [2.75, 3.05) is 48.4 Å². The molecular formula is C22H25FN8O2S. The standard InChI is InChI=1S/C22H25FN8O2S/c1-33-20(14-3-2-4-17(9-14)31-11-15(23)12-31)18(32)10-19-27-29-22(34-19)26-16-5-8-30(13-16)21-24-6-7-25-28-21/h2-4,6-7,9,15-16,20H,5,8,10-13H2,1H3,(H,26,29)/t16-,20-/m1/s1. The number of ether oxygens (including phenoxy) is 1. The van der Waals surface area contributed by atoms with E-state index in [0.717, 1.165) is 30.8 Å². The molecule has 10 nitrogen and oxygen atoms in total. The fraction of sp³-hybridized carbons (Fsp3) is 0.455. The molecule has 0 unspecified atom stereocenters. The number of rotatable bonds is 9. The summed E-state index contributed by atoms with van der Waals surface area (Å²) in [5.74, 6) is 0.513. The average Bonchev–Trinajstić information content (AvgIpc) is 3.48. The van der Waals surface area contributed by atoms with E-state index in [-0.39, 0.29) is 18.2 Å². The lowest BCUT2D eigenvalue weighted by Gasteiger charge is -2.36. The van der Waals surface area contributed by atoms with E-state index in [9.17, 15) is 9.18 Å². The Morgan fingerprint density at radius 2 is 2.12 bits per heavy atom. The largest absolute Gasteiger partial charge is 0.369 e. The minimum Gasteiger partial charge on any atom is -0.369 e. The molecule has 2 atom stereocenters. The van der Waals surface area contributed by atoms with Gasteiger partial charge in [0.25, 0.3) is 0 Å². The van der Waals surface area contributed by atoms with Gasteiger partial charge in [0.05, 0.1) is 31.9 Å². The van der Waals surface area contributed by atoms with E-state index in [1.54, 1.807) is 12.4 Å². The van der Waals surface area contributed by atoms with Crippen molar-refractivity contribution < 1.29 is 13.9 Å². The van der Waals surface area contributed by atoms with Crippen molar-refractivity contribution in [2.24, 2.45) is 0 Å². The van der Waals surface area contributed by atoms with E-state index in [1.807, 2.05) is 29.2 Å². The Hall–Kier alpha value is -3.25. The molecule has 2 aliphatic heterocycles. The molecule has 3 aromatic rings. The molecule has 1 N–H and O–H groups in total. The molecular weight excluding hydrogens is 459 g/mol. The molecule has 2 aromatic heterocycles. The van der Waals surface area contributed by atoms with Crippen LogP contribution in [0.1, 0.15) is 23.1 Å². The van der Waals surface area contributed by atoms with Gasteiger partial charge in [0.1, 0.15) is 17.3 Å². The number of carbonyl (C=O) groups is 1. The zero-order valence-electron chi connectivity index (χ0n) is 18.7. The van der Waals surface area contributed by atoms with Crippen molar-refractivity contribution in [1.29, 1.82) is 0 Å². The van der Waals surface area contributed by atoms with Crippen molar-refractivity contribution in [3.63, 3.8) is 0 Å². The van der Waals surface area contributed by atoms with Gasteiger partial charge >= 0.3 is 0 Å². The Bertz CT molecular complexity index is 1130. The first-order valence-corrected chi connectivity index (χ1v) is 11.9. The Morgan fingerprint density at radius 3 is 2.88 bits per heavy atom. The van der Waals surface area contributed by atoms with Gasteiger partial charge in [0.2, 0.25) is 11.1 Å². The number of carbonyl (C=O) groups excluding carboxylic acids is 1. The summed E-state index contributed by atoms with van der Waals surface area (Å²) in [4.78, 5) is 21.3. The number of alkyl halides is 1. The average molecular weight is 485 g/mol. The van der Waals surface area contributed by atoms with Crippen LogP contribution in [0.2, 0.25) is 0 Å². The number of methoxy groups -OCH3 is 1. The van der Waals surface area contributed by atoms with Crippen LogP contribution in [0.5, 0.6) is 0 Å². The highest BCUT2D eigenvalue weighted by molar-refractivity contribution is 7.15. The van der Waals surface area contributed by atoms with Crippen LogP contribution >= 0.6 is 11.3 Å². The first-order chi connectivity index (χ1) is 16.6. The highest BCUT2D eigenvalue weighted by Crippen LogP contribution is 2.29. The van der Waals surface area contributed by atoms with Crippen LogP contribution in [0, 0.1) is 0 Å². The normalized spacial score (nSPS) is 19.2. The van der Waals surface area contributed by atoms with Crippen LogP contribution in [0.4, 0.5) is 21.2 Å². The molecule has 0 radical (unpaired) electrons. The van der Waals surface area contributed by atoms with E-state index in [1.165, 1.54) is 18.4 Å². The molecule has 2 fully saturated rings. The molecule has 0 bridgehead atoms. The smallest absolute Gasteiger partial charge is 0.245 e. The van der Waals surface area contributed by atoms with Crippen LogP contribution < -0.4 is 15.1 Å². The SMILES string of the molecule is CO[C@@H](C(=O)Cc1nnc(N[C@@H]2CCN(c3nccnn3)C2)s1)c1cccc(N2CC(F)C2)c1. The van der Waals surface area contributed by atoms with Gasteiger partial charge in [-0.15, -0.1) is 15.3 Å². The molecule has 5 rings (SSSR count). The van der Waals surface area contributed by atoms with Gasteiger partial charge in [-0.1, -0.05) is 23.5 Å². The van der Waals surface area contributed by atoms with Gasteiger partial charge < -0.3 is 19.9 Å². The Labute approximate surface area is 200 Å². The maximum atomic E-state index is 13.2. The van der Waals surface area contributed by atoms with E-state index in [4.69, 9.17) is 4.74 Å². The van der Waals surface area contributed by atoms with Crippen LogP contribution in [-0.4, -0.2) is 76.7 Å². The summed E-state index contributed by atoms with van der Waals surface area (Å²) >= 11 is 1.37. The number of nitrogens with one attached hydrogen (secondary N) is 1. The molecule has 0 aliphatic carbocycles. The van der Waals surface area contributed by atoms with E-state index >= 15 is 0 Å². The lowest BCUT2D eigenvalue weighted by atomic mass is 10.0. The molecule has 34 heavy (non-hydrogen) atoms. The van der Waals surface area contributed by atoms with E-state index < -0.39 is 12.3 Å². The second-order valence-electron chi connectivity index (χ2n) is 8.38. The molecule has 2 saturated heterocycles. The number of nitrogens with zero attached hydrogens (tertiary/aromatic N) is 7. The second-order valence-corrected chi connectivity index (χ2v) is 9.44. The number of ketones is 1. The Morgan fingerprint density at radius 1 is 1.24 bits per heavy atom. The van der Waals surface area contributed by atoms with Crippen molar-refractivity contribution in [3.8, 4) is 0 Å². The fourth-order valence-corrected chi connectivity index (χ4v) is 5.05. The number of benzene rings is 1. The van der Waals surface area contributed by atoms with Crippen LogP contribution in [0.25, 0.3) is 0 Å². The van der Waals surface area contributed by atoms with Gasteiger partial charge in [-0.2, -0.15) is 5.10 Å². The third-order valence-electron chi connectivity index (χ3n) is 5.96. The lowest BCUT2D eigenvalue weighted by Crippen LogP contribution is -2.48. The topological polar surface area (TPSA) is 109 Å². The molecule has 12 heteroatoms. The summed E-state index contributed by atoms with van der Waals surface area (Å²) in [6.45, 7) is 2.32. The van der Waals surface area contributed by atoms with Crippen molar-refractivity contribution in [1.82, 2.24) is 25.4 Å². The molecule has 0 amide bonds. The second kappa shape index (κ2) is 9.94. The predicted molar refractivity (Wildman–Crippen MR) is 126 cm³/mol. The molecule has 2 aliphatic rings. The van der Waals surface area contributed by atoms with Gasteiger partial charge in [-0.25, -0.2) is 9.37 Å². The van der Waals surface area contributed by atoms with E-state index in [2.05, 4.69) is 35.6 Å². The highest BCUT2D eigenvalue weighted by Gasteiger charge is 2.29. The van der Waals surface area contributed by atoms with Crippen molar-refractivity contribution in [3.05, 3.63) is 47.2 Å². The summed E-state index contributed by atoms with van der Waals surface area (Å²) in [5, 5.41) is 21.0. The van der Waals surface area contributed by atoms with Crippen LogP contribution in [-0.2, 0) is 16.0 Å². The predicted octanol–water partition coefficient (Wildman–Crippen LogP) is 2.07. The summed E-state index contributed by atoms with van der Waals surface area (Å²) < 4.78 is 18.8. The quantitative estimate of drug-likeness (QED) is 0.485. The summed E-state index contributed by atoms with van der Waals surface area (Å²) in [7, 11) is 1.52. The summed E-state index contributed by atoms with van der Waals surface area (Å²) in [5.41, 5.74) is 1.64. The molecule has 0 spiro atoms. The van der Waals surface area contributed by atoms with E-state index in [0.29, 0.717) is 29.2 Å². The molecule has 0 saturated carbocycles. The molecule has 4 heterocycles. The molecule has 1 aromatic carbocycles. The summed E-state index contributed by atoms with van der Waals surface area (Å²) in [6, 6.07) is 7.71. The lowest BCUT2D eigenvalue weighted by molar-refractivity contribution is -0.128. The van der Waals surface area contributed by atoms with Gasteiger partial charge in [0.15, 0.2) is 5.78 Å². The number of halogens is 1. The summed E-state index contributed by atoms with van der Waals surface area (Å²) in [6.07, 6.45) is 2.71. The third-order valence-corrected chi connectivity index (χ3v) is 6.82. The zero-order chi connectivity index (χ0) is 23.5. The van der Waals surface area contributed by atoms with Crippen LogP contribution in [0.3, 0.4) is 0 Å². The zero-order valence-corrected chi connectivity index (χ0v) is 19.5. The highest BCUT2D eigenvalue weighted by atomic mass is 32.1. The van der Waals surface area contributed by atoms with Gasteiger partial charge in [0, 0.05) is 31.9 Å². The number of aromatic nitrogens is 5. The Balaban J connectivity index is 1.18. The van der Waals surface area contributed by atoms with Crippen molar-refractivity contribution >= 4 is 33.9 Å². The van der Waals surface area contributed by atoms with Gasteiger partial charge in [-0.05, 0) is 24.1 Å². The fourth-order valence-electron chi connectivity index (χ4n) is 4.22. The maximum Gasteiger partial charge on any atom is 0.245 e. The van der Waals surface area contributed by atoms with Crippen molar-refractivity contribution in [2.45, 2.75) is 31.2 Å². The number of anilines is 3. The first kappa shape index (κ1) is 22.5. The minimum absolute atomic E-state index is 0.102. The first-order valence-electron chi connectivity index (χ1n) is 11.1. The molecule has 178 valence electrons. The third kappa shape index (κ3) is 4.97. The number of Topliss-reactive ketones (excluding diaryl/α,β-unsaturated/α-hetero) is 1. The monoisotopic (exact) mass is 484 g/mol. The Kier molecular flexibility index (Phi) is 6.59. The van der Waals surface area contributed by atoms with Gasteiger partial charge in [-0.3, -0.25) is 4.79 Å². The van der Waals surface area contributed by atoms with Crippen LogP contribution in [0.15, 0.2) is 36.7 Å².